The molecular weight excluding hydrogens is 346 g/mol. The molecule has 0 heterocycles. The molecule has 0 aliphatic heterocycles. The summed E-state index contributed by atoms with van der Waals surface area (Å²) in [6, 6.07) is 14.0. The lowest BCUT2D eigenvalue weighted by Crippen LogP contribution is -2.16. The maximum absolute atomic E-state index is 12.1. The van der Waals surface area contributed by atoms with Gasteiger partial charge < -0.3 is 4.74 Å². The molecule has 7 heteroatoms. The van der Waals surface area contributed by atoms with Gasteiger partial charge in [0.25, 0.3) is 5.69 Å². The van der Waals surface area contributed by atoms with Crippen molar-refractivity contribution in [2.45, 2.75) is 28.6 Å². The van der Waals surface area contributed by atoms with Crippen LogP contribution >= 0.6 is 23.5 Å². The van der Waals surface area contributed by atoms with Crippen LogP contribution in [0.5, 0.6) is 0 Å². The summed E-state index contributed by atoms with van der Waals surface area (Å²) in [5, 5.41) is 10.2. The van der Waals surface area contributed by atoms with Gasteiger partial charge in [-0.25, -0.2) is 0 Å². The van der Waals surface area contributed by atoms with E-state index >= 15 is 0 Å². The summed E-state index contributed by atoms with van der Waals surface area (Å²) in [5.41, 5.74) is 0.969. The summed E-state index contributed by atoms with van der Waals surface area (Å²) in [7, 11) is 0. The van der Waals surface area contributed by atoms with Gasteiger partial charge in [-0.05, 0) is 43.0 Å². The molecule has 24 heavy (non-hydrogen) atoms. The first-order valence-electron chi connectivity index (χ1n) is 7.20. The molecular formula is C17H17NO4S2. The van der Waals surface area contributed by atoms with E-state index in [1.165, 1.54) is 23.9 Å². The first kappa shape index (κ1) is 18.4. The fourth-order valence-electron chi connectivity index (χ4n) is 1.89. The van der Waals surface area contributed by atoms with E-state index in [0.29, 0.717) is 0 Å². The third-order valence-corrected chi connectivity index (χ3v) is 5.07. The van der Waals surface area contributed by atoms with E-state index in [-0.39, 0.29) is 18.3 Å². The predicted molar refractivity (Wildman–Crippen MR) is 96.4 cm³/mol. The Kier molecular flexibility index (Phi) is 6.69. The van der Waals surface area contributed by atoms with Crippen LogP contribution in [0, 0.1) is 10.1 Å². The molecule has 0 aliphatic carbocycles. The van der Waals surface area contributed by atoms with Crippen molar-refractivity contribution in [3.63, 3.8) is 0 Å². The highest BCUT2D eigenvalue weighted by Crippen LogP contribution is 2.26. The molecule has 0 amide bonds. The molecule has 1 atom stereocenters. The topological polar surface area (TPSA) is 69.4 Å². The molecule has 2 rings (SSSR count). The fraction of sp³-hybridized carbons (Fsp3) is 0.235. The Morgan fingerprint density at radius 3 is 2.25 bits per heavy atom. The first-order valence-corrected chi connectivity index (χ1v) is 9.30. The van der Waals surface area contributed by atoms with Crippen molar-refractivity contribution in [3.8, 4) is 0 Å². The molecule has 0 saturated heterocycles. The summed E-state index contributed by atoms with van der Waals surface area (Å²) >= 11 is 2.97. The number of thioether (sulfide) groups is 2. The highest BCUT2D eigenvalue weighted by molar-refractivity contribution is 8.00. The van der Waals surface area contributed by atoms with Gasteiger partial charge in [-0.2, -0.15) is 0 Å². The van der Waals surface area contributed by atoms with E-state index in [0.717, 1.165) is 15.4 Å². The number of esters is 1. The number of non-ortho nitro benzene ring substituents is 1. The maximum Gasteiger partial charge on any atom is 0.319 e. The number of ether oxygens (including phenoxy) is 1. The normalized spacial score (nSPS) is 11.8. The number of nitrogens with zero attached hydrogens (tertiary/aromatic N) is 1. The van der Waals surface area contributed by atoms with E-state index in [2.05, 4.69) is 0 Å². The maximum atomic E-state index is 12.1. The summed E-state index contributed by atoms with van der Waals surface area (Å²) < 4.78 is 5.32. The van der Waals surface area contributed by atoms with E-state index < -0.39 is 10.2 Å². The molecule has 126 valence electrons. The van der Waals surface area contributed by atoms with Crippen LogP contribution in [0.1, 0.15) is 12.5 Å². The number of nitro benzene ring substituents is 1. The number of nitro groups is 1. The lowest BCUT2D eigenvalue weighted by atomic mass is 10.2. The zero-order chi connectivity index (χ0) is 17.5. The number of hydrogen-bond acceptors (Lipinski definition) is 6. The third kappa shape index (κ3) is 5.28. The lowest BCUT2D eigenvalue weighted by molar-refractivity contribution is -0.384. The van der Waals surface area contributed by atoms with E-state index in [9.17, 15) is 14.9 Å². The standard InChI is InChI=1S/C17H17NO4S2/c1-12(24-16-9-5-14(6-10-16)18(20)21)17(19)22-11-13-3-7-15(23-2)8-4-13/h3-10,12H,11H2,1-2H3/t12-/m1/s1. The second kappa shape index (κ2) is 8.75. The summed E-state index contributed by atoms with van der Waals surface area (Å²) in [6.45, 7) is 1.99. The van der Waals surface area contributed by atoms with Crippen LogP contribution in [0.25, 0.3) is 0 Å². The van der Waals surface area contributed by atoms with Crippen LogP contribution in [0.15, 0.2) is 58.3 Å². The van der Waals surface area contributed by atoms with Gasteiger partial charge in [0, 0.05) is 21.9 Å². The Morgan fingerprint density at radius 1 is 1.12 bits per heavy atom. The van der Waals surface area contributed by atoms with Gasteiger partial charge in [0.05, 0.1) is 4.92 Å². The Balaban J connectivity index is 1.85. The molecule has 0 saturated carbocycles. The lowest BCUT2D eigenvalue weighted by Gasteiger charge is -2.11. The average molecular weight is 363 g/mol. The minimum atomic E-state index is -0.450. The highest BCUT2D eigenvalue weighted by Gasteiger charge is 2.16. The van der Waals surface area contributed by atoms with Crippen molar-refractivity contribution < 1.29 is 14.5 Å². The Morgan fingerprint density at radius 2 is 1.71 bits per heavy atom. The van der Waals surface area contributed by atoms with Crippen molar-refractivity contribution in [3.05, 3.63) is 64.2 Å². The summed E-state index contributed by atoms with van der Waals surface area (Å²) in [5.74, 6) is -0.313. The molecule has 2 aromatic rings. The summed E-state index contributed by atoms with van der Waals surface area (Å²) in [6.07, 6.45) is 2.01. The van der Waals surface area contributed by atoms with Gasteiger partial charge in [0.2, 0.25) is 0 Å². The number of carbonyl (C=O) groups excluding carboxylic acids is 1. The van der Waals surface area contributed by atoms with Gasteiger partial charge in [0.15, 0.2) is 0 Å². The Hall–Kier alpha value is -1.99. The zero-order valence-corrected chi connectivity index (χ0v) is 14.9. The van der Waals surface area contributed by atoms with Gasteiger partial charge in [0.1, 0.15) is 11.9 Å². The molecule has 0 spiro atoms. The second-order valence-corrected chi connectivity index (χ2v) is 7.26. The first-order chi connectivity index (χ1) is 11.5. The molecule has 0 radical (unpaired) electrons. The highest BCUT2D eigenvalue weighted by atomic mass is 32.2. The van der Waals surface area contributed by atoms with Crippen molar-refractivity contribution in [1.82, 2.24) is 0 Å². The quantitative estimate of drug-likeness (QED) is 0.311. The van der Waals surface area contributed by atoms with Crippen molar-refractivity contribution in [2.75, 3.05) is 6.26 Å². The van der Waals surface area contributed by atoms with Crippen molar-refractivity contribution in [2.24, 2.45) is 0 Å². The number of hydrogen-bond donors (Lipinski definition) is 0. The van der Waals surface area contributed by atoms with E-state index in [1.807, 2.05) is 30.5 Å². The van der Waals surface area contributed by atoms with Crippen LogP contribution in [0.3, 0.4) is 0 Å². The molecule has 0 fully saturated rings. The van der Waals surface area contributed by atoms with Crippen molar-refractivity contribution >= 4 is 35.2 Å². The molecule has 2 aromatic carbocycles. The van der Waals surface area contributed by atoms with Crippen LogP contribution < -0.4 is 0 Å². The van der Waals surface area contributed by atoms with Gasteiger partial charge in [-0.3, -0.25) is 14.9 Å². The summed E-state index contributed by atoms with van der Waals surface area (Å²) in [4.78, 5) is 24.2. The molecule has 0 aliphatic rings. The van der Waals surface area contributed by atoms with Crippen LogP contribution in [0.2, 0.25) is 0 Å². The molecule has 0 N–H and O–H groups in total. The Bertz CT molecular complexity index is 702. The van der Waals surface area contributed by atoms with Crippen LogP contribution in [0.4, 0.5) is 5.69 Å². The van der Waals surface area contributed by atoms with Gasteiger partial charge >= 0.3 is 5.97 Å². The number of carbonyl (C=O) groups is 1. The van der Waals surface area contributed by atoms with Gasteiger partial charge in [-0.15, -0.1) is 23.5 Å². The van der Waals surface area contributed by atoms with Crippen LogP contribution in [-0.2, 0) is 16.1 Å². The molecule has 5 nitrogen and oxygen atoms in total. The number of rotatable bonds is 7. The number of benzene rings is 2. The zero-order valence-electron chi connectivity index (χ0n) is 13.3. The van der Waals surface area contributed by atoms with Gasteiger partial charge in [-0.1, -0.05) is 12.1 Å². The average Bonchev–Trinajstić information content (AvgIpc) is 2.60. The fourth-order valence-corrected chi connectivity index (χ4v) is 3.17. The SMILES string of the molecule is CSc1ccc(COC(=O)[C@@H](C)Sc2ccc([N+](=O)[O-])cc2)cc1. The molecule has 0 bridgehead atoms. The largest absolute Gasteiger partial charge is 0.460 e. The molecule has 0 unspecified atom stereocenters. The second-order valence-electron chi connectivity index (χ2n) is 4.97. The Labute approximate surface area is 148 Å². The monoisotopic (exact) mass is 363 g/mol. The molecule has 0 aromatic heterocycles. The smallest absolute Gasteiger partial charge is 0.319 e. The van der Waals surface area contributed by atoms with Crippen LogP contribution in [-0.4, -0.2) is 22.4 Å². The predicted octanol–water partition coefficient (Wildman–Crippen LogP) is 4.54. The third-order valence-electron chi connectivity index (χ3n) is 3.23. The van der Waals surface area contributed by atoms with E-state index in [1.54, 1.807) is 30.8 Å². The minimum Gasteiger partial charge on any atom is -0.460 e. The van der Waals surface area contributed by atoms with E-state index in [4.69, 9.17) is 4.74 Å². The minimum absolute atomic E-state index is 0.0308. The van der Waals surface area contributed by atoms with Crippen molar-refractivity contribution in [1.29, 1.82) is 0 Å².